The number of anilines is 1. The number of fused-ring (bicyclic) bond motifs is 1. The first-order chi connectivity index (χ1) is 8.34. The second kappa shape index (κ2) is 4.65. The van der Waals surface area contributed by atoms with Crippen molar-refractivity contribution in [1.29, 1.82) is 0 Å². The Kier molecular flexibility index (Phi) is 3.02. The van der Waals surface area contributed by atoms with Gasteiger partial charge in [0.15, 0.2) is 0 Å². The SMILES string of the molecule is Fc1cc(N2CCNCC2)cc2c1CCCC2. The number of hydrogen-bond donors (Lipinski definition) is 1. The molecule has 0 aromatic heterocycles. The van der Waals surface area contributed by atoms with Crippen molar-refractivity contribution in [2.45, 2.75) is 25.7 Å². The molecule has 1 N–H and O–H groups in total. The average Bonchev–Trinajstić information content (AvgIpc) is 2.40. The van der Waals surface area contributed by atoms with Crippen molar-refractivity contribution in [2.75, 3.05) is 31.1 Å². The van der Waals surface area contributed by atoms with Crippen molar-refractivity contribution in [3.8, 4) is 0 Å². The zero-order valence-electron chi connectivity index (χ0n) is 10.1. The molecule has 0 unspecified atom stereocenters. The van der Waals surface area contributed by atoms with E-state index in [0.717, 1.165) is 56.7 Å². The van der Waals surface area contributed by atoms with Crippen LogP contribution in [0.4, 0.5) is 10.1 Å². The van der Waals surface area contributed by atoms with Crippen LogP contribution in [-0.4, -0.2) is 26.2 Å². The molecule has 1 heterocycles. The Morgan fingerprint density at radius 1 is 1.06 bits per heavy atom. The molecule has 1 aliphatic carbocycles. The molecule has 2 aliphatic rings. The highest BCUT2D eigenvalue weighted by Crippen LogP contribution is 2.29. The van der Waals surface area contributed by atoms with Crippen molar-refractivity contribution >= 4 is 5.69 Å². The number of rotatable bonds is 1. The predicted molar refractivity (Wildman–Crippen MR) is 68.1 cm³/mol. The normalized spacial score (nSPS) is 20.2. The molecule has 92 valence electrons. The van der Waals surface area contributed by atoms with E-state index in [4.69, 9.17) is 0 Å². The van der Waals surface area contributed by atoms with Crippen LogP contribution in [0.1, 0.15) is 24.0 Å². The van der Waals surface area contributed by atoms with Crippen molar-refractivity contribution in [1.82, 2.24) is 5.32 Å². The molecule has 17 heavy (non-hydrogen) atoms. The zero-order valence-corrected chi connectivity index (χ0v) is 10.1. The molecule has 1 fully saturated rings. The number of nitrogens with one attached hydrogen (secondary N) is 1. The first kappa shape index (κ1) is 11.0. The van der Waals surface area contributed by atoms with Gasteiger partial charge in [0.1, 0.15) is 5.82 Å². The number of nitrogens with zero attached hydrogens (tertiary/aromatic N) is 1. The molecule has 0 radical (unpaired) electrons. The zero-order chi connectivity index (χ0) is 11.7. The maximum absolute atomic E-state index is 14.0. The van der Waals surface area contributed by atoms with Crippen LogP contribution in [-0.2, 0) is 12.8 Å². The van der Waals surface area contributed by atoms with Gasteiger partial charge in [0.25, 0.3) is 0 Å². The van der Waals surface area contributed by atoms with E-state index in [-0.39, 0.29) is 5.82 Å². The van der Waals surface area contributed by atoms with E-state index in [9.17, 15) is 4.39 Å². The molecule has 0 saturated carbocycles. The Labute approximate surface area is 102 Å². The monoisotopic (exact) mass is 234 g/mol. The number of benzene rings is 1. The van der Waals surface area contributed by atoms with Crippen molar-refractivity contribution in [2.24, 2.45) is 0 Å². The summed E-state index contributed by atoms with van der Waals surface area (Å²) in [6.07, 6.45) is 4.31. The summed E-state index contributed by atoms with van der Waals surface area (Å²) in [5.41, 5.74) is 3.28. The van der Waals surface area contributed by atoms with Crippen molar-refractivity contribution in [3.63, 3.8) is 0 Å². The lowest BCUT2D eigenvalue weighted by Crippen LogP contribution is -2.43. The summed E-state index contributed by atoms with van der Waals surface area (Å²) < 4.78 is 14.0. The van der Waals surface area contributed by atoms with Crippen LogP contribution in [0.5, 0.6) is 0 Å². The quantitative estimate of drug-likeness (QED) is 0.800. The van der Waals surface area contributed by atoms with Crippen LogP contribution < -0.4 is 10.2 Å². The number of hydrogen-bond acceptors (Lipinski definition) is 2. The van der Waals surface area contributed by atoms with Gasteiger partial charge in [0.2, 0.25) is 0 Å². The third-order valence-corrected chi connectivity index (χ3v) is 3.88. The summed E-state index contributed by atoms with van der Waals surface area (Å²) in [4.78, 5) is 2.29. The van der Waals surface area contributed by atoms with E-state index in [1.807, 2.05) is 0 Å². The summed E-state index contributed by atoms with van der Waals surface area (Å²) in [6, 6.07) is 3.94. The van der Waals surface area contributed by atoms with Gasteiger partial charge >= 0.3 is 0 Å². The molecule has 3 rings (SSSR count). The minimum Gasteiger partial charge on any atom is -0.369 e. The van der Waals surface area contributed by atoms with Gasteiger partial charge in [-0.25, -0.2) is 4.39 Å². The van der Waals surface area contributed by atoms with Crippen LogP contribution in [0.2, 0.25) is 0 Å². The standard InChI is InChI=1S/C14H19FN2/c15-14-10-12(17-7-5-16-6-8-17)9-11-3-1-2-4-13(11)14/h9-10,16H,1-8H2. The molecular formula is C14H19FN2. The van der Waals surface area contributed by atoms with Crippen LogP contribution in [0, 0.1) is 5.82 Å². The summed E-state index contributed by atoms with van der Waals surface area (Å²) in [6.45, 7) is 3.97. The van der Waals surface area contributed by atoms with Gasteiger partial charge in [-0.3, -0.25) is 0 Å². The van der Waals surface area contributed by atoms with E-state index in [2.05, 4.69) is 16.3 Å². The summed E-state index contributed by atoms with van der Waals surface area (Å²) in [5.74, 6) is 0.00994. The Morgan fingerprint density at radius 3 is 2.65 bits per heavy atom. The molecule has 1 aliphatic heterocycles. The van der Waals surface area contributed by atoms with E-state index in [1.165, 1.54) is 12.0 Å². The summed E-state index contributed by atoms with van der Waals surface area (Å²) in [7, 11) is 0. The third kappa shape index (κ3) is 2.16. The largest absolute Gasteiger partial charge is 0.369 e. The van der Waals surface area contributed by atoms with Gasteiger partial charge in [-0.2, -0.15) is 0 Å². The molecule has 0 atom stereocenters. The first-order valence-electron chi connectivity index (χ1n) is 6.61. The van der Waals surface area contributed by atoms with Gasteiger partial charge in [-0.15, -0.1) is 0 Å². The Hall–Kier alpha value is -1.09. The Morgan fingerprint density at radius 2 is 1.82 bits per heavy atom. The molecule has 1 aromatic rings. The lowest BCUT2D eigenvalue weighted by molar-refractivity contribution is 0.567. The van der Waals surface area contributed by atoms with Crippen LogP contribution in [0.15, 0.2) is 12.1 Å². The molecule has 1 aromatic carbocycles. The van der Waals surface area contributed by atoms with E-state index in [1.54, 1.807) is 6.07 Å². The van der Waals surface area contributed by atoms with Gasteiger partial charge in [0.05, 0.1) is 0 Å². The van der Waals surface area contributed by atoms with Crippen LogP contribution in [0.25, 0.3) is 0 Å². The molecule has 0 bridgehead atoms. The summed E-state index contributed by atoms with van der Waals surface area (Å²) >= 11 is 0. The lowest BCUT2D eigenvalue weighted by Gasteiger charge is -2.30. The van der Waals surface area contributed by atoms with Gasteiger partial charge in [0, 0.05) is 31.9 Å². The second-order valence-electron chi connectivity index (χ2n) is 5.01. The van der Waals surface area contributed by atoms with Crippen molar-refractivity contribution in [3.05, 3.63) is 29.1 Å². The predicted octanol–water partition coefficient (Wildman–Crippen LogP) is 2.11. The Bertz CT molecular complexity index is 411. The minimum absolute atomic E-state index is 0.00994. The highest BCUT2D eigenvalue weighted by molar-refractivity contribution is 5.52. The van der Waals surface area contributed by atoms with Crippen LogP contribution in [0.3, 0.4) is 0 Å². The maximum atomic E-state index is 14.0. The fourth-order valence-corrected chi connectivity index (χ4v) is 2.90. The molecule has 1 saturated heterocycles. The van der Waals surface area contributed by atoms with Gasteiger partial charge in [-0.1, -0.05) is 0 Å². The van der Waals surface area contributed by atoms with E-state index < -0.39 is 0 Å². The van der Waals surface area contributed by atoms with Crippen molar-refractivity contribution < 1.29 is 4.39 Å². The molecule has 2 nitrogen and oxygen atoms in total. The molecular weight excluding hydrogens is 215 g/mol. The second-order valence-corrected chi connectivity index (χ2v) is 5.01. The van der Waals surface area contributed by atoms with E-state index in [0.29, 0.717) is 0 Å². The fourth-order valence-electron chi connectivity index (χ4n) is 2.90. The third-order valence-electron chi connectivity index (χ3n) is 3.88. The Balaban J connectivity index is 1.92. The fraction of sp³-hybridized carbons (Fsp3) is 0.571. The summed E-state index contributed by atoms with van der Waals surface area (Å²) in [5, 5.41) is 3.33. The smallest absolute Gasteiger partial charge is 0.128 e. The maximum Gasteiger partial charge on any atom is 0.128 e. The highest BCUT2D eigenvalue weighted by Gasteiger charge is 2.18. The lowest BCUT2D eigenvalue weighted by atomic mass is 9.90. The first-order valence-corrected chi connectivity index (χ1v) is 6.61. The van der Waals surface area contributed by atoms with Crippen LogP contribution >= 0.6 is 0 Å². The van der Waals surface area contributed by atoms with Gasteiger partial charge < -0.3 is 10.2 Å². The topological polar surface area (TPSA) is 15.3 Å². The van der Waals surface area contributed by atoms with E-state index >= 15 is 0 Å². The molecule has 0 amide bonds. The number of piperazine rings is 1. The number of halogens is 1. The minimum atomic E-state index is 0.00994. The van der Waals surface area contributed by atoms with Gasteiger partial charge in [-0.05, 0) is 48.9 Å². The molecule has 0 spiro atoms. The average molecular weight is 234 g/mol. The number of aryl methyl sites for hydroxylation is 1. The highest BCUT2D eigenvalue weighted by atomic mass is 19.1. The molecule has 3 heteroatoms.